The summed E-state index contributed by atoms with van der Waals surface area (Å²) in [4.78, 5) is 0. The molecule has 1 aromatic carbocycles. The number of hydrogen-bond acceptors (Lipinski definition) is 0. The highest BCUT2D eigenvalue weighted by atomic mass is 35.5. The largest absolute Gasteiger partial charge is 0.417 e. The van der Waals surface area contributed by atoms with Crippen LogP contribution < -0.4 is 0 Å². The van der Waals surface area contributed by atoms with Gasteiger partial charge in [-0.05, 0) is 17.7 Å². The molecule has 0 saturated carbocycles. The summed E-state index contributed by atoms with van der Waals surface area (Å²) in [5.41, 5.74) is -1.62. The van der Waals surface area contributed by atoms with Gasteiger partial charge in [0.25, 0.3) is 0 Å². The molecule has 1 rings (SSSR count). The number of rotatable bonds is 1. The molecule has 0 bridgehead atoms. The van der Waals surface area contributed by atoms with Crippen molar-refractivity contribution in [2.45, 2.75) is 12.4 Å². The third-order valence-electron chi connectivity index (χ3n) is 1.82. The second kappa shape index (κ2) is 5.01. The van der Waals surface area contributed by atoms with Gasteiger partial charge in [0.2, 0.25) is 0 Å². The van der Waals surface area contributed by atoms with Crippen LogP contribution in [0.25, 0.3) is 6.08 Å². The van der Waals surface area contributed by atoms with Gasteiger partial charge >= 0.3 is 12.4 Å². The van der Waals surface area contributed by atoms with Crippen molar-refractivity contribution in [3.8, 4) is 0 Å². The van der Waals surface area contributed by atoms with Crippen molar-refractivity contribution in [1.29, 1.82) is 0 Å². The summed E-state index contributed by atoms with van der Waals surface area (Å²) < 4.78 is 73.1. The van der Waals surface area contributed by atoms with Crippen molar-refractivity contribution < 1.29 is 26.3 Å². The number of benzene rings is 1. The van der Waals surface area contributed by atoms with E-state index in [0.29, 0.717) is 12.1 Å². The minimum Gasteiger partial charge on any atom is -0.167 e. The first-order valence-electron chi connectivity index (χ1n) is 4.33. The van der Waals surface area contributed by atoms with Crippen LogP contribution >= 0.6 is 23.2 Å². The fraction of sp³-hybridized carbons (Fsp3) is 0.200. The Bertz CT molecular complexity index is 472. The Morgan fingerprint density at radius 3 is 1.94 bits per heavy atom. The van der Waals surface area contributed by atoms with E-state index >= 15 is 0 Å². The molecule has 0 atom stereocenters. The van der Waals surface area contributed by atoms with Gasteiger partial charge in [-0.25, -0.2) is 0 Å². The minimum absolute atomic E-state index is 0.188. The van der Waals surface area contributed by atoms with Crippen molar-refractivity contribution in [2.75, 3.05) is 0 Å². The maximum atomic E-state index is 12.5. The van der Waals surface area contributed by atoms with Crippen molar-refractivity contribution in [2.24, 2.45) is 0 Å². The van der Waals surface area contributed by atoms with Gasteiger partial charge in [0.1, 0.15) is 0 Å². The maximum absolute atomic E-state index is 12.5. The van der Waals surface area contributed by atoms with Crippen molar-refractivity contribution >= 4 is 29.3 Å². The van der Waals surface area contributed by atoms with Gasteiger partial charge in [0, 0.05) is 6.08 Å². The number of halogens is 8. The summed E-state index contributed by atoms with van der Waals surface area (Å²) in [5, 5.41) is -1.21. The van der Waals surface area contributed by atoms with Crippen LogP contribution in [0.3, 0.4) is 0 Å². The molecule has 0 aliphatic heterocycles. The zero-order valence-electron chi connectivity index (χ0n) is 8.33. The smallest absolute Gasteiger partial charge is 0.167 e. The third kappa shape index (κ3) is 4.10. The van der Waals surface area contributed by atoms with Crippen LogP contribution in [0.4, 0.5) is 26.3 Å². The van der Waals surface area contributed by atoms with E-state index in [1.54, 1.807) is 0 Å². The molecule has 0 fully saturated rings. The lowest BCUT2D eigenvalue weighted by atomic mass is 10.1. The highest BCUT2D eigenvalue weighted by Gasteiger charge is 2.34. The number of hydrogen-bond donors (Lipinski definition) is 0. The van der Waals surface area contributed by atoms with E-state index in [9.17, 15) is 26.3 Å². The SMILES string of the molecule is FC(F)(F)C=Cc1cc(Cl)c(Cl)c(C(F)(F)F)c1. The molecule has 0 N–H and O–H groups in total. The lowest BCUT2D eigenvalue weighted by Gasteiger charge is -2.11. The van der Waals surface area contributed by atoms with E-state index in [1.165, 1.54) is 0 Å². The second-order valence-electron chi connectivity index (χ2n) is 3.24. The number of allylic oxidation sites excluding steroid dienone is 1. The highest BCUT2D eigenvalue weighted by Crippen LogP contribution is 2.39. The fourth-order valence-corrected chi connectivity index (χ4v) is 1.55. The molecule has 0 saturated heterocycles. The molecule has 0 unspecified atom stereocenters. The Balaban J connectivity index is 3.26. The average Bonchev–Trinajstić information content (AvgIpc) is 2.16. The molecular weight excluding hydrogens is 305 g/mol. The summed E-state index contributed by atoms with van der Waals surface area (Å²) in [6, 6.07) is 1.41. The van der Waals surface area contributed by atoms with Crippen LogP contribution in [0.5, 0.6) is 0 Å². The summed E-state index contributed by atoms with van der Waals surface area (Å²) in [5.74, 6) is 0. The van der Waals surface area contributed by atoms with Crippen LogP contribution in [0.2, 0.25) is 10.0 Å². The molecule has 100 valence electrons. The number of alkyl halides is 6. The third-order valence-corrected chi connectivity index (χ3v) is 2.62. The summed E-state index contributed by atoms with van der Waals surface area (Å²) in [6.45, 7) is 0. The van der Waals surface area contributed by atoms with E-state index in [-0.39, 0.29) is 11.6 Å². The summed E-state index contributed by atoms with van der Waals surface area (Å²) in [6.07, 6.45) is -9.11. The summed E-state index contributed by atoms with van der Waals surface area (Å²) >= 11 is 10.8. The van der Waals surface area contributed by atoms with Crippen molar-refractivity contribution in [3.63, 3.8) is 0 Å². The van der Waals surface area contributed by atoms with Crippen LogP contribution in [-0.4, -0.2) is 6.18 Å². The second-order valence-corrected chi connectivity index (χ2v) is 4.02. The average molecular weight is 309 g/mol. The maximum Gasteiger partial charge on any atom is 0.417 e. The molecule has 0 aliphatic rings. The van der Waals surface area contributed by atoms with E-state index in [4.69, 9.17) is 23.2 Å². The lowest BCUT2D eigenvalue weighted by Crippen LogP contribution is -2.06. The Labute approximate surface area is 108 Å². The van der Waals surface area contributed by atoms with Crippen LogP contribution in [0, 0.1) is 0 Å². The van der Waals surface area contributed by atoms with Gasteiger partial charge in [-0.2, -0.15) is 26.3 Å². The van der Waals surface area contributed by atoms with Gasteiger partial charge < -0.3 is 0 Å². The molecule has 0 radical (unpaired) electrons. The molecule has 18 heavy (non-hydrogen) atoms. The van der Waals surface area contributed by atoms with E-state index in [1.807, 2.05) is 0 Å². The molecule has 0 nitrogen and oxygen atoms in total. The molecule has 0 spiro atoms. The van der Waals surface area contributed by atoms with Gasteiger partial charge in [-0.3, -0.25) is 0 Å². The van der Waals surface area contributed by atoms with Crippen molar-refractivity contribution in [1.82, 2.24) is 0 Å². The highest BCUT2D eigenvalue weighted by molar-refractivity contribution is 6.42. The molecule has 8 heteroatoms. The van der Waals surface area contributed by atoms with Gasteiger partial charge in [-0.15, -0.1) is 0 Å². The Morgan fingerprint density at radius 1 is 0.944 bits per heavy atom. The zero-order valence-corrected chi connectivity index (χ0v) is 9.84. The van der Waals surface area contributed by atoms with Gasteiger partial charge in [-0.1, -0.05) is 29.3 Å². The Hall–Kier alpha value is -0.880. The molecular formula is C10H4Cl2F6. The molecule has 0 aromatic heterocycles. The van der Waals surface area contributed by atoms with Gasteiger partial charge in [0.15, 0.2) is 0 Å². The molecule has 1 aromatic rings. The predicted octanol–water partition coefficient (Wildman–Crippen LogP) is 5.59. The van der Waals surface area contributed by atoms with Crippen LogP contribution in [-0.2, 0) is 6.18 Å². The van der Waals surface area contributed by atoms with Crippen LogP contribution in [0.1, 0.15) is 11.1 Å². The molecule has 0 amide bonds. The zero-order chi connectivity index (χ0) is 14.1. The lowest BCUT2D eigenvalue weighted by molar-refractivity contribution is -0.137. The predicted molar refractivity (Wildman–Crippen MR) is 56.6 cm³/mol. The van der Waals surface area contributed by atoms with E-state index in [0.717, 1.165) is 6.07 Å². The van der Waals surface area contributed by atoms with Gasteiger partial charge in [0.05, 0.1) is 15.6 Å². The first-order valence-corrected chi connectivity index (χ1v) is 5.08. The normalized spacial score (nSPS) is 13.3. The molecule has 0 aliphatic carbocycles. The quantitative estimate of drug-likeness (QED) is 0.593. The summed E-state index contributed by atoms with van der Waals surface area (Å²) in [7, 11) is 0. The van der Waals surface area contributed by atoms with Crippen molar-refractivity contribution in [3.05, 3.63) is 39.4 Å². The first kappa shape index (κ1) is 15.2. The van der Waals surface area contributed by atoms with E-state index < -0.39 is 28.0 Å². The minimum atomic E-state index is -4.79. The van der Waals surface area contributed by atoms with Crippen LogP contribution in [0.15, 0.2) is 18.2 Å². The van der Waals surface area contributed by atoms with E-state index in [2.05, 4.69) is 0 Å². The first-order chi connectivity index (χ1) is 8.00. The monoisotopic (exact) mass is 308 g/mol. The Kier molecular flexibility index (Phi) is 4.23. The topological polar surface area (TPSA) is 0 Å². The Morgan fingerprint density at radius 2 is 1.50 bits per heavy atom. The molecule has 0 heterocycles. The standard InChI is InChI=1S/C10H4Cl2F6/c11-7-4-5(1-2-9(13,14)15)3-6(8(7)12)10(16,17)18/h1-4H. The fourth-order valence-electron chi connectivity index (χ4n) is 1.10.